The molecule has 0 aliphatic carbocycles. The van der Waals surface area contributed by atoms with Crippen LogP contribution < -0.4 is 5.32 Å². The van der Waals surface area contributed by atoms with E-state index in [-0.39, 0.29) is 31.7 Å². The molecule has 2 N–H and O–H groups in total. The zero-order chi connectivity index (χ0) is 17.6. The lowest BCUT2D eigenvalue weighted by atomic mass is 10.0. The highest BCUT2D eigenvalue weighted by Gasteiger charge is 2.30. The Morgan fingerprint density at radius 1 is 1.00 bits per heavy atom. The van der Waals surface area contributed by atoms with Gasteiger partial charge in [-0.2, -0.15) is 0 Å². The van der Waals surface area contributed by atoms with E-state index >= 15 is 0 Å². The predicted octanol–water partition coefficient (Wildman–Crippen LogP) is 1.71. The third kappa shape index (κ3) is 4.23. The lowest BCUT2D eigenvalue weighted by Crippen LogP contribution is -2.39. The summed E-state index contributed by atoms with van der Waals surface area (Å²) in [5, 5.41) is 12.6. The van der Waals surface area contributed by atoms with Gasteiger partial charge in [0.1, 0.15) is 6.10 Å². The lowest BCUT2D eigenvalue weighted by molar-refractivity contribution is -0.126. The van der Waals surface area contributed by atoms with Gasteiger partial charge >= 0.3 is 6.03 Å². The quantitative estimate of drug-likeness (QED) is 0.752. The van der Waals surface area contributed by atoms with Crippen LogP contribution in [0.5, 0.6) is 0 Å². The van der Waals surface area contributed by atoms with E-state index in [9.17, 15) is 14.7 Å². The third-order valence-corrected chi connectivity index (χ3v) is 3.99. The number of aliphatic hydroxyl groups excluding tert-OH is 1. The van der Waals surface area contributed by atoms with Gasteiger partial charge < -0.3 is 15.2 Å². The molecule has 1 heterocycles. The number of aliphatic hydroxyl groups is 1. The molecule has 25 heavy (non-hydrogen) atoms. The Kier molecular flexibility index (Phi) is 5.42. The topological polar surface area (TPSA) is 78.9 Å². The molecule has 2 aromatic rings. The predicted molar refractivity (Wildman–Crippen MR) is 91.8 cm³/mol. The molecule has 1 saturated heterocycles. The SMILES string of the molecule is O=C1CNC(=O)N1CC(O)COC(c1ccccc1)c1ccccc1. The molecule has 0 radical (unpaired) electrons. The number of urea groups is 1. The van der Waals surface area contributed by atoms with Crippen molar-refractivity contribution in [3.8, 4) is 0 Å². The maximum Gasteiger partial charge on any atom is 0.324 e. The van der Waals surface area contributed by atoms with Crippen LogP contribution in [0.15, 0.2) is 60.7 Å². The van der Waals surface area contributed by atoms with Crippen LogP contribution in [0.2, 0.25) is 0 Å². The number of imide groups is 1. The van der Waals surface area contributed by atoms with E-state index in [0.717, 1.165) is 16.0 Å². The number of ether oxygens (including phenoxy) is 1. The van der Waals surface area contributed by atoms with Crippen molar-refractivity contribution in [2.24, 2.45) is 0 Å². The number of nitrogens with zero attached hydrogens (tertiary/aromatic N) is 1. The van der Waals surface area contributed by atoms with Crippen molar-refractivity contribution in [2.75, 3.05) is 19.7 Å². The summed E-state index contributed by atoms with van der Waals surface area (Å²) in [6, 6.07) is 18.9. The molecule has 0 aromatic heterocycles. The summed E-state index contributed by atoms with van der Waals surface area (Å²) >= 11 is 0. The zero-order valence-corrected chi connectivity index (χ0v) is 13.7. The molecule has 0 saturated carbocycles. The summed E-state index contributed by atoms with van der Waals surface area (Å²) in [5.41, 5.74) is 1.94. The van der Waals surface area contributed by atoms with Gasteiger partial charge in [-0.15, -0.1) is 0 Å². The van der Waals surface area contributed by atoms with Crippen LogP contribution in [-0.4, -0.2) is 47.7 Å². The molecule has 3 amide bonds. The molecule has 2 aromatic carbocycles. The number of carbonyl (C=O) groups is 2. The van der Waals surface area contributed by atoms with Crippen molar-refractivity contribution < 1.29 is 19.4 Å². The first-order chi connectivity index (χ1) is 12.1. The molecule has 6 nitrogen and oxygen atoms in total. The first-order valence-corrected chi connectivity index (χ1v) is 8.13. The van der Waals surface area contributed by atoms with Gasteiger partial charge in [0.2, 0.25) is 5.91 Å². The summed E-state index contributed by atoms with van der Waals surface area (Å²) in [7, 11) is 0. The van der Waals surface area contributed by atoms with E-state index in [1.165, 1.54) is 0 Å². The Morgan fingerprint density at radius 3 is 2.04 bits per heavy atom. The largest absolute Gasteiger partial charge is 0.389 e. The average molecular weight is 340 g/mol. The van der Waals surface area contributed by atoms with Crippen LogP contribution in [-0.2, 0) is 9.53 Å². The van der Waals surface area contributed by atoms with Crippen LogP contribution in [0.3, 0.4) is 0 Å². The monoisotopic (exact) mass is 340 g/mol. The zero-order valence-electron chi connectivity index (χ0n) is 13.7. The summed E-state index contributed by atoms with van der Waals surface area (Å²) in [6.07, 6.45) is -1.29. The number of nitrogens with one attached hydrogen (secondary N) is 1. The minimum Gasteiger partial charge on any atom is -0.389 e. The number of rotatable bonds is 7. The van der Waals surface area contributed by atoms with E-state index < -0.39 is 12.1 Å². The third-order valence-electron chi connectivity index (χ3n) is 3.99. The second-order valence-corrected chi connectivity index (χ2v) is 5.85. The fraction of sp³-hybridized carbons (Fsp3) is 0.263. The summed E-state index contributed by atoms with van der Waals surface area (Å²) in [6.45, 7) is -0.102. The normalized spacial score (nSPS) is 15.5. The van der Waals surface area contributed by atoms with Crippen LogP contribution >= 0.6 is 0 Å². The lowest BCUT2D eigenvalue weighted by Gasteiger charge is -2.22. The Balaban J connectivity index is 1.67. The maximum absolute atomic E-state index is 11.6. The molecule has 1 aliphatic heterocycles. The maximum atomic E-state index is 11.6. The van der Waals surface area contributed by atoms with Gasteiger partial charge in [-0.1, -0.05) is 60.7 Å². The molecule has 3 rings (SSSR count). The number of β-amino-alcohol motifs (C(OH)–C–C–N with tert-alkyl or cyclic N) is 1. The first-order valence-electron chi connectivity index (χ1n) is 8.13. The second kappa shape index (κ2) is 7.92. The highest BCUT2D eigenvalue weighted by molar-refractivity contribution is 6.01. The molecule has 0 spiro atoms. The molecule has 130 valence electrons. The van der Waals surface area contributed by atoms with Crippen molar-refractivity contribution >= 4 is 11.9 Å². The molecule has 6 heteroatoms. The summed E-state index contributed by atoms with van der Waals surface area (Å²) in [4.78, 5) is 24.1. The smallest absolute Gasteiger partial charge is 0.324 e. The summed E-state index contributed by atoms with van der Waals surface area (Å²) in [5.74, 6) is -0.341. The van der Waals surface area contributed by atoms with Crippen molar-refractivity contribution in [1.29, 1.82) is 0 Å². The van der Waals surface area contributed by atoms with Gasteiger partial charge in [0, 0.05) is 0 Å². The molecular weight excluding hydrogens is 320 g/mol. The number of carbonyl (C=O) groups excluding carboxylic acids is 2. The van der Waals surface area contributed by atoms with E-state index in [4.69, 9.17) is 4.74 Å². The Hall–Kier alpha value is -2.70. The van der Waals surface area contributed by atoms with Gasteiger partial charge in [0.25, 0.3) is 0 Å². The summed E-state index contributed by atoms with van der Waals surface area (Å²) < 4.78 is 5.94. The highest BCUT2D eigenvalue weighted by atomic mass is 16.5. The van der Waals surface area contributed by atoms with Crippen molar-refractivity contribution in [2.45, 2.75) is 12.2 Å². The van der Waals surface area contributed by atoms with E-state index in [1.807, 2.05) is 60.7 Å². The second-order valence-electron chi connectivity index (χ2n) is 5.85. The molecule has 1 fully saturated rings. The Morgan fingerprint density at radius 2 is 1.56 bits per heavy atom. The van der Waals surface area contributed by atoms with Gasteiger partial charge in [0.15, 0.2) is 0 Å². The van der Waals surface area contributed by atoms with Crippen LogP contribution in [0.1, 0.15) is 17.2 Å². The fourth-order valence-corrected chi connectivity index (χ4v) is 2.75. The number of amides is 3. The van der Waals surface area contributed by atoms with Gasteiger partial charge in [0.05, 0.1) is 25.8 Å². The van der Waals surface area contributed by atoms with E-state index in [2.05, 4.69) is 5.32 Å². The number of hydrogen-bond acceptors (Lipinski definition) is 4. The van der Waals surface area contributed by atoms with Crippen LogP contribution in [0, 0.1) is 0 Å². The van der Waals surface area contributed by atoms with Crippen LogP contribution in [0.4, 0.5) is 4.79 Å². The minimum absolute atomic E-state index is 0.00547. The van der Waals surface area contributed by atoms with Crippen molar-refractivity contribution in [3.05, 3.63) is 71.8 Å². The Bertz CT molecular complexity index is 665. The van der Waals surface area contributed by atoms with Crippen molar-refractivity contribution in [1.82, 2.24) is 10.2 Å². The molecular formula is C19H20N2O4. The van der Waals surface area contributed by atoms with Crippen LogP contribution in [0.25, 0.3) is 0 Å². The Labute approximate surface area is 146 Å². The standard InChI is InChI=1S/C19H20N2O4/c22-16(12-21-17(23)11-20-19(21)24)13-25-18(14-7-3-1-4-8-14)15-9-5-2-6-10-15/h1-10,16,18,22H,11-13H2,(H,20,24). The first kappa shape index (κ1) is 17.1. The molecule has 1 atom stereocenters. The van der Waals surface area contributed by atoms with Gasteiger partial charge in [-0.25, -0.2) is 4.79 Å². The minimum atomic E-state index is -0.956. The van der Waals surface area contributed by atoms with Crippen molar-refractivity contribution in [3.63, 3.8) is 0 Å². The number of hydrogen-bond donors (Lipinski definition) is 2. The molecule has 1 aliphatic rings. The van der Waals surface area contributed by atoms with Gasteiger partial charge in [-0.3, -0.25) is 9.69 Å². The van der Waals surface area contributed by atoms with E-state index in [1.54, 1.807) is 0 Å². The molecule has 0 bridgehead atoms. The van der Waals surface area contributed by atoms with Gasteiger partial charge in [-0.05, 0) is 11.1 Å². The average Bonchev–Trinajstić information content (AvgIpc) is 2.96. The fourth-order valence-electron chi connectivity index (χ4n) is 2.75. The highest BCUT2D eigenvalue weighted by Crippen LogP contribution is 2.25. The number of benzene rings is 2. The van der Waals surface area contributed by atoms with E-state index in [0.29, 0.717) is 0 Å². The molecule has 1 unspecified atom stereocenters.